The molecule has 2 unspecified atom stereocenters. The van der Waals surface area contributed by atoms with Crippen molar-refractivity contribution in [2.45, 2.75) is 89.4 Å². The van der Waals surface area contributed by atoms with Gasteiger partial charge in [0.1, 0.15) is 0 Å². The lowest BCUT2D eigenvalue weighted by Gasteiger charge is -2.16. The molecule has 122 valence electrons. The zero-order valence-corrected chi connectivity index (χ0v) is 13.5. The van der Waals surface area contributed by atoms with Gasteiger partial charge in [-0.2, -0.15) is 0 Å². The third-order valence-electron chi connectivity index (χ3n) is 4.75. The molecule has 4 heteroatoms. The molecule has 1 saturated heterocycles. The summed E-state index contributed by atoms with van der Waals surface area (Å²) in [4.78, 5) is 11.8. The van der Waals surface area contributed by atoms with E-state index in [9.17, 15) is 4.79 Å². The van der Waals surface area contributed by atoms with Gasteiger partial charge < -0.3 is 15.4 Å². The fraction of sp³-hybridized carbons (Fsp3) is 0.941. The third-order valence-corrected chi connectivity index (χ3v) is 4.75. The van der Waals surface area contributed by atoms with Gasteiger partial charge in [0.05, 0.1) is 12.2 Å². The SMILES string of the molecule is CC1CCC(CCC(=O)NCCNC2CCCCCC2)O1. The maximum atomic E-state index is 11.8. The van der Waals surface area contributed by atoms with Gasteiger partial charge in [0, 0.05) is 25.6 Å². The van der Waals surface area contributed by atoms with Gasteiger partial charge in [0.15, 0.2) is 0 Å². The van der Waals surface area contributed by atoms with Gasteiger partial charge in [-0.25, -0.2) is 0 Å². The first-order chi connectivity index (χ1) is 10.2. The molecule has 0 spiro atoms. The van der Waals surface area contributed by atoms with Crippen LogP contribution in [0.2, 0.25) is 0 Å². The first kappa shape index (κ1) is 16.8. The standard InChI is InChI=1S/C17H32N2O2/c1-14-8-9-16(21-14)10-11-17(20)19-13-12-18-15-6-4-2-3-5-7-15/h14-16,18H,2-13H2,1H3,(H,19,20). The molecule has 1 aliphatic heterocycles. The molecule has 21 heavy (non-hydrogen) atoms. The first-order valence-electron chi connectivity index (χ1n) is 8.89. The lowest BCUT2D eigenvalue weighted by molar-refractivity contribution is -0.121. The number of amides is 1. The Morgan fingerprint density at radius 2 is 1.81 bits per heavy atom. The van der Waals surface area contributed by atoms with Gasteiger partial charge in [-0.05, 0) is 39.0 Å². The van der Waals surface area contributed by atoms with E-state index in [0.717, 1.165) is 32.4 Å². The Balaban J connectivity index is 1.47. The number of nitrogens with one attached hydrogen (secondary N) is 2. The van der Waals surface area contributed by atoms with Crippen LogP contribution in [-0.2, 0) is 9.53 Å². The number of carbonyl (C=O) groups is 1. The largest absolute Gasteiger partial charge is 0.375 e. The highest BCUT2D eigenvalue weighted by Crippen LogP contribution is 2.22. The van der Waals surface area contributed by atoms with Gasteiger partial charge in [0.25, 0.3) is 0 Å². The minimum absolute atomic E-state index is 0.167. The second kappa shape index (κ2) is 9.42. The molecular weight excluding hydrogens is 264 g/mol. The molecule has 0 aromatic rings. The molecule has 4 nitrogen and oxygen atoms in total. The number of ether oxygens (including phenoxy) is 1. The Kier molecular flexibility index (Phi) is 7.51. The second-order valence-corrected chi connectivity index (χ2v) is 6.68. The normalized spacial score (nSPS) is 27.5. The fourth-order valence-corrected chi connectivity index (χ4v) is 3.44. The predicted molar refractivity (Wildman–Crippen MR) is 85.3 cm³/mol. The maximum absolute atomic E-state index is 11.8. The van der Waals surface area contributed by atoms with Crippen molar-refractivity contribution in [1.82, 2.24) is 10.6 Å². The summed E-state index contributed by atoms with van der Waals surface area (Å²) >= 11 is 0. The number of rotatable bonds is 7. The van der Waals surface area contributed by atoms with Gasteiger partial charge in [-0.1, -0.05) is 25.7 Å². The summed E-state index contributed by atoms with van der Waals surface area (Å²) in [5.41, 5.74) is 0. The highest BCUT2D eigenvalue weighted by Gasteiger charge is 2.22. The van der Waals surface area contributed by atoms with Crippen molar-refractivity contribution in [3.8, 4) is 0 Å². The smallest absolute Gasteiger partial charge is 0.220 e. The van der Waals surface area contributed by atoms with Crippen LogP contribution in [0.3, 0.4) is 0 Å². The van der Waals surface area contributed by atoms with Crippen LogP contribution >= 0.6 is 0 Å². The van der Waals surface area contributed by atoms with E-state index >= 15 is 0 Å². The molecule has 0 aromatic heterocycles. The van der Waals surface area contributed by atoms with E-state index in [4.69, 9.17) is 4.74 Å². The molecule has 2 fully saturated rings. The zero-order chi connectivity index (χ0) is 14.9. The summed E-state index contributed by atoms with van der Waals surface area (Å²) in [6.45, 7) is 3.75. The molecule has 0 aromatic carbocycles. The van der Waals surface area contributed by atoms with E-state index in [1.54, 1.807) is 0 Å². The molecule has 2 atom stereocenters. The van der Waals surface area contributed by atoms with Crippen LogP contribution in [0.25, 0.3) is 0 Å². The van der Waals surface area contributed by atoms with Crippen molar-refractivity contribution < 1.29 is 9.53 Å². The highest BCUT2D eigenvalue weighted by atomic mass is 16.5. The summed E-state index contributed by atoms with van der Waals surface area (Å²) in [5.74, 6) is 0.167. The van der Waals surface area contributed by atoms with Gasteiger partial charge in [0.2, 0.25) is 5.91 Å². The zero-order valence-electron chi connectivity index (χ0n) is 13.5. The van der Waals surface area contributed by atoms with Crippen LogP contribution in [0.5, 0.6) is 0 Å². The lowest BCUT2D eigenvalue weighted by Crippen LogP contribution is -2.37. The van der Waals surface area contributed by atoms with Crippen molar-refractivity contribution in [1.29, 1.82) is 0 Å². The Hall–Kier alpha value is -0.610. The third kappa shape index (κ3) is 6.79. The van der Waals surface area contributed by atoms with E-state index in [1.807, 2.05) is 0 Å². The first-order valence-corrected chi connectivity index (χ1v) is 8.89. The van der Waals surface area contributed by atoms with Crippen molar-refractivity contribution in [2.75, 3.05) is 13.1 Å². The van der Waals surface area contributed by atoms with Gasteiger partial charge in [-0.15, -0.1) is 0 Å². The minimum Gasteiger partial charge on any atom is -0.375 e. The van der Waals surface area contributed by atoms with E-state index < -0.39 is 0 Å². The minimum atomic E-state index is 0.167. The predicted octanol–water partition coefficient (Wildman–Crippen LogP) is 2.76. The Morgan fingerprint density at radius 1 is 1.05 bits per heavy atom. The molecule has 2 rings (SSSR count). The maximum Gasteiger partial charge on any atom is 0.220 e. The van der Waals surface area contributed by atoms with Gasteiger partial charge >= 0.3 is 0 Å². The molecule has 0 radical (unpaired) electrons. The van der Waals surface area contributed by atoms with Crippen molar-refractivity contribution >= 4 is 5.91 Å². The molecule has 2 aliphatic rings. The summed E-state index contributed by atoms with van der Waals surface area (Å²) in [7, 11) is 0. The molecule has 0 bridgehead atoms. The Labute approximate surface area is 129 Å². The number of hydrogen-bond donors (Lipinski definition) is 2. The molecule has 2 N–H and O–H groups in total. The van der Waals surface area contributed by atoms with Crippen LogP contribution in [0.15, 0.2) is 0 Å². The molecule has 1 heterocycles. The van der Waals surface area contributed by atoms with Crippen LogP contribution in [0, 0.1) is 0 Å². The van der Waals surface area contributed by atoms with Crippen LogP contribution in [-0.4, -0.2) is 37.2 Å². The summed E-state index contributed by atoms with van der Waals surface area (Å²) in [5, 5.41) is 6.60. The average Bonchev–Trinajstić information content (AvgIpc) is 2.73. The fourth-order valence-electron chi connectivity index (χ4n) is 3.44. The van der Waals surface area contributed by atoms with Crippen molar-refractivity contribution in [3.63, 3.8) is 0 Å². The Bertz CT molecular complexity index is 301. The summed E-state index contributed by atoms with van der Waals surface area (Å²) < 4.78 is 5.74. The van der Waals surface area contributed by atoms with E-state index in [-0.39, 0.29) is 5.91 Å². The second-order valence-electron chi connectivity index (χ2n) is 6.68. The molecular formula is C17H32N2O2. The van der Waals surface area contributed by atoms with E-state index in [0.29, 0.717) is 24.7 Å². The van der Waals surface area contributed by atoms with Crippen LogP contribution in [0.1, 0.15) is 71.1 Å². The number of carbonyl (C=O) groups excluding carboxylic acids is 1. The average molecular weight is 296 g/mol. The van der Waals surface area contributed by atoms with Crippen LogP contribution < -0.4 is 10.6 Å². The highest BCUT2D eigenvalue weighted by molar-refractivity contribution is 5.75. The van der Waals surface area contributed by atoms with Crippen molar-refractivity contribution in [2.24, 2.45) is 0 Å². The van der Waals surface area contributed by atoms with Gasteiger partial charge in [-0.3, -0.25) is 4.79 Å². The Morgan fingerprint density at radius 3 is 2.48 bits per heavy atom. The summed E-state index contributed by atoms with van der Waals surface area (Å²) in [6, 6.07) is 0.665. The molecule has 1 saturated carbocycles. The summed E-state index contributed by atoms with van der Waals surface area (Å²) in [6.07, 6.45) is 12.5. The lowest BCUT2D eigenvalue weighted by atomic mass is 10.1. The van der Waals surface area contributed by atoms with Crippen molar-refractivity contribution in [3.05, 3.63) is 0 Å². The van der Waals surface area contributed by atoms with Crippen LogP contribution in [0.4, 0.5) is 0 Å². The quantitative estimate of drug-likeness (QED) is 0.561. The number of hydrogen-bond acceptors (Lipinski definition) is 3. The monoisotopic (exact) mass is 296 g/mol. The van der Waals surface area contributed by atoms with E-state index in [2.05, 4.69) is 17.6 Å². The van der Waals surface area contributed by atoms with E-state index in [1.165, 1.54) is 38.5 Å². The topological polar surface area (TPSA) is 50.4 Å². The molecule has 1 aliphatic carbocycles. The molecule has 1 amide bonds.